The first-order valence-corrected chi connectivity index (χ1v) is 4.45. The SMILES string of the molecule is Cn1cnnc1CNC1(C(=O)O)CC1. The quantitative estimate of drug-likeness (QED) is 0.680. The molecule has 0 bridgehead atoms. The lowest BCUT2D eigenvalue weighted by atomic mass is 10.3. The molecule has 0 radical (unpaired) electrons. The molecule has 0 aromatic carbocycles. The van der Waals surface area contributed by atoms with Crippen molar-refractivity contribution in [1.29, 1.82) is 0 Å². The van der Waals surface area contributed by atoms with Crippen LogP contribution in [0.1, 0.15) is 18.7 Å². The third-order valence-electron chi connectivity index (χ3n) is 2.55. The Kier molecular flexibility index (Phi) is 1.99. The first-order valence-electron chi connectivity index (χ1n) is 4.45. The van der Waals surface area contributed by atoms with Gasteiger partial charge in [0.1, 0.15) is 17.7 Å². The van der Waals surface area contributed by atoms with Crippen LogP contribution >= 0.6 is 0 Å². The number of nitrogens with one attached hydrogen (secondary N) is 1. The zero-order valence-electron chi connectivity index (χ0n) is 7.90. The number of carboxylic acid groups (broad SMARTS) is 1. The number of carboxylic acids is 1. The van der Waals surface area contributed by atoms with Crippen LogP contribution in [0, 0.1) is 0 Å². The number of nitrogens with zero attached hydrogens (tertiary/aromatic N) is 3. The van der Waals surface area contributed by atoms with Crippen LogP contribution in [-0.4, -0.2) is 31.4 Å². The largest absolute Gasteiger partial charge is 0.480 e. The second kappa shape index (κ2) is 3.06. The summed E-state index contributed by atoms with van der Waals surface area (Å²) in [5.74, 6) is -0.0304. The molecule has 1 saturated carbocycles. The van der Waals surface area contributed by atoms with E-state index in [2.05, 4.69) is 15.5 Å². The van der Waals surface area contributed by atoms with Gasteiger partial charge in [-0.1, -0.05) is 0 Å². The van der Waals surface area contributed by atoms with E-state index >= 15 is 0 Å². The molecule has 6 heteroatoms. The van der Waals surface area contributed by atoms with Gasteiger partial charge in [-0.3, -0.25) is 10.1 Å². The van der Waals surface area contributed by atoms with Crippen LogP contribution in [0.3, 0.4) is 0 Å². The molecule has 14 heavy (non-hydrogen) atoms. The van der Waals surface area contributed by atoms with E-state index in [0.717, 1.165) is 5.82 Å². The van der Waals surface area contributed by atoms with Crippen molar-refractivity contribution in [3.05, 3.63) is 12.2 Å². The molecule has 1 aromatic rings. The Morgan fingerprint density at radius 1 is 1.79 bits per heavy atom. The minimum atomic E-state index is -0.778. The van der Waals surface area contributed by atoms with E-state index in [1.54, 1.807) is 10.9 Å². The Morgan fingerprint density at radius 3 is 2.93 bits per heavy atom. The molecular weight excluding hydrogens is 184 g/mol. The standard InChI is InChI=1S/C8H12N4O2/c1-12-5-10-11-6(12)4-9-8(2-3-8)7(13)14/h5,9H,2-4H2,1H3,(H,13,14). The van der Waals surface area contributed by atoms with Gasteiger partial charge in [-0.15, -0.1) is 10.2 Å². The number of aromatic nitrogens is 3. The molecule has 0 amide bonds. The zero-order chi connectivity index (χ0) is 10.2. The summed E-state index contributed by atoms with van der Waals surface area (Å²) in [7, 11) is 1.83. The third-order valence-corrected chi connectivity index (χ3v) is 2.55. The lowest BCUT2D eigenvalue weighted by Gasteiger charge is -2.10. The maximum Gasteiger partial charge on any atom is 0.323 e. The highest BCUT2D eigenvalue weighted by Gasteiger charge is 2.49. The predicted octanol–water partition coefficient (Wildman–Crippen LogP) is -0.478. The maximum absolute atomic E-state index is 10.8. The molecule has 1 fully saturated rings. The van der Waals surface area contributed by atoms with Gasteiger partial charge in [0.05, 0.1) is 6.54 Å². The van der Waals surface area contributed by atoms with Crippen LogP contribution in [0.25, 0.3) is 0 Å². The van der Waals surface area contributed by atoms with Crippen LogP contribution in [0.15, 0.2) is 6.33 Å². The van der Waals surface area contributed by atoms with Crippen molar-refractivity contribution >= 4 is 5.97 Å². The Balaban J connectivity index is 1.95. The molecule has 1 aliphatic rings. The van der Waals surface area contributed by atoms with Crippen molar-refractivity contribution in [1.82, 2.24) is 20.1 Å². The lowest BCUT2D eigenvalue weighted by Crippen LogP contribution is -2.39. The van der Waals surface area contributed by atoms with E-state index in [1.165, 1.54) is 0 Å². The van der Waals surface area contributed by atoms with Crippen molar-refractivity contribution in [3.8, 4) is 0 Å². The molecule has 0 spiro atoms. The van der Waals surface area contributed by atoms with Crippen molar-refractivity contribution in [2.75, 3.05) is 0 Å². The summed E-state index contributed by atoms with van der Waals surface area (Å²) >= 11 is 0. The van der Waals surface area contributed by atoms with Gasteiger partial charge < -0.3 is 9.67 Å². The number of aryl methyl sites for hydroxylation is 1. The van der Waals surface area contributed by atoms with Gasteiger partial charge in [0, 0.05) is 7.05 Å². The molecule has 6 nitrogen and oxygen atoms in total. The van der Waals surface area contributed by atoms with E-state index in [4.69, 9.17) is 5.11 Å². The second-order valence-electron chi connectivity index (χ2n) is 3.60. The molecule has 2 N–H and O–H groups in total. The summed E-state index contributed by atoms with van der Waals surface area (Å²) in [6.45, 7) is 0.447. The summed E-state index contributed by atoms with van der Waals surface area (Å²) in [6.07, 6.45) is 2.98. The minimum Gasteiger partial charge on any atom is -0.480 e. The third kappa shape index (κ3) is 1.48. The fourth-order valence-electron chi connectivity index (χ4n) is 1.31. The normalized spacial score (nSPS) is 18.1. The average Bonchev–Trinajstić information content (AvgIpc) is 2.83. The molecular formula is C8H12N4O2. The Hall–Kier alpha value is -1.43. The average molecular weight is 196 g/mol. The van der Waals surface area contributed by atoms with E-state index in [9.17, 15) is 4.79 Å². The summed E-state index contributed by atoms with van der Waals surface area (Å²) in [5, 5.41) is 19.5. The molecule has 76 valence electrons. The highest BCUT2D eigenvalue weighted by atomic mass is 16.4. The van der Waals surface area contributed by atoms with Gasteiger partial charge in [-0.2, -0.15) is 0 Å². The molecule has 0 unspecified atom stereocenters. The highest BCUT2D eigenvalue weighted by Crippen LogP contribution is 2.35. The van der Waals surface area contributed by atoms with Crippen LogP contribution in [-0.2, 0) is 18.4 Å². The molecule has 0 aliphatic heterocycles. The highest BCUT2D eigenvalue weighted by molar-refractivity contribution is 5.82. The Morgan fingerprint density at radius 2 is 2.50 bits per heavy atom. The van der Waals surface area contributed by atoms with Crippen LogP contribution in [0.5, 0.6) is 0 Å². The van der Waals surface area contributed by atoms with Gasteiger partial charge in [-0.05, 0) is 12.8 Å². The van der Waals surface area contributed by atoms with E-state index in [-0.39, 0.29) is 0 Å². The fourth-order valence-corrected chi connectivity index (χ4v) is 1.31. The number of hydrogen-bond acceptors (Lipinski definition) is 4. The van der Waals surface area contributed by atoms with Gasteiger partial charge >= 0.3 is 5.97 Å². The molecule has 2 rings (SSSR count). The van der Waals surface area contributed by atoms with Gasteiger partial charge in [0.25, 0.3) is 0 Å². The topological polar surface area (TPSA) is 80.0 Å². The number of hydrogen-bond donors (Lipinski definition) is 2. The van der Waals surface area contributed by atoms with Gasteiger partial charge in [-0.25, -0.2) is 0 Å². The van der Waals surface area contributed by atoms with E-state index < -0.39 is 11.5 Å². The van der Waals surface area contributed by atoms with E-state index in [0.29, 0.717) is 19.4 Å². The first kappa shape index (κ1) is 9.14. The monoisotopic (exact) mass is 196 g/mol. The fraction of sp³-hybridized carbons (Fsp3) is 0.625. The van der Waals surface area contributed by atoms with Crippen molar-refractivity contribution in [2.24, 2.45) is 7.05 Å². The van der Waals surface area contributed by atoms with Crippen molar-refractivity contribution in [3.63, 3.8) is 0 Å². The molecule has 1 aliphatic carbocycles. The van der Waals surface area contributed by atoms with Crippen molar-refractivity contribution in [2.45, 2.75) is 24.9 Å². The van der Waals surface area contributed by atoms with E-state index in [1.807, 2.05) is 7.05 Å². The van der Waals surface area contributed by atoms with Crippen LogP contribution in [0.4, 0.5) is 0 Å². The van der Waals surface area contributed by atoms with Gasteiger partial charge in [0.2, 0.25) is 0 Å². The minimum absolute atomic E-state index is 0.447. The maximum atomic E-state index is 10.8. The Bertz CT molecular complexity index is 356. The molecule has 0 atom stereocenters. The number of carbonyl (C=O) groups is 1. The molecule has 1 heterocycles. The lowest BCUT2D eigenvalue weighted by molar-refractivity contribution is -0.140. The summed E-state index contributed by atoms with van der Waals surface area (Å²) < 4.78 is 1.77. The van der Waals surface area contributed by atoms with Crippen LogP contribution < -0.4 is 5.32 Å². The predicted molar refractivity (Wildman–Crippen MR) is 47.4 cm³/mol. The number of aliphatic carboxylic acids is 1. The second-order valence-corrected chi connectivity index (χ2v) is 3.60. The van der Waals surface area contributed by atoms with Crippen LogP contribution in [0.2, 0.25) is 0 Å². The number of rotatable bonds is 4. The van der Waals surface area contributed by atoms with Gasteiger partial charge in [0.15, 0.2) is 0 Å². The Labute approximate surface area is 80.9 Å². The smallest absolute Gasteiger partial charge is 0.323 e. The first-order chi connectivity index (χ1) is 6.64. The summed E-state index contributed by atoms with van der Waals surface area (Å²) in [5.41, 5.74) is -0.702. The summed E-state index contributed by atoms with van der Waals surface area (Å²) in [4.78, 5) is 10.8. The molecule has 0 saturated heterocycles. The van der Waals surface area contributed by atoms with Crippen molar-refractivity contribution < 1.29 is 9.90 Å². The zero-order valence-corrected chi connectivity index (χ0v) is 7.90. The molecule has 1 aromatic heterocycles. The summed E-state index contributed by atoms with van der Waals surface area (Å²) in [6, 6.07) is 0.